The number of hydrogen-bond donors (Lipinski definition) is 7. The molecule has 1 aliphatic rings. The van der Waals surface area contributed by atoms with Crippen molar-refractivity contribution < 1.29 is 14.2 Å². The number of fused-ring (bicyclic) bond motifs is 2. The van der Waals surface area contributed by atoms with Gasteiger partial charge in [-0.3, -0.25) is 9.59 Å². The number of aliphatic imine (C=N–C) groups is 1. The summed E-state index contributed by atoms with van der Waals surface area (Å²) in [4.78, 5) is 35.9. The topological polar surface area (TPSA) is 175 Å². The maximum absolute atomic E-state index is 13.0. The molecule has 0 saturated carbocycles. The summed E-state index contributed by atoms with van der Waals surface area (Å²) in [6, 6.07) is 49.9. The Bertz CT molecular complexity index is 3480. The Balaban J connectivity index is 0.633. The highest BCUT2D eigenvalue weighted by molar-refractivity contribution is 6.13. The lowest BCUT2D eigenvalue weighted by Gasteiger charge is -2.16. The van der Waals surface area contributed by atoms with E-state index < -0.39 is 0 Å². The molecule has 1 aliphatic carbocycles. The van der Waals surface area contributed by atoms with Gasteiger partial charge in [-0.15, -0.1) is 4.57 Å². The van der Waals surface area contributed by atoms with Crippen LogP contribution in [0.1, 0.15) is 83.2 Å². The van der Waals surface area contributed by atoms with Crippen LogP contribution in [0.25, 0.3) is 38.9 Å². The van der Waals surface area contributed by atoms with Gasteiger partial charge in [0.2, 0.25) is 16.7 Å². The molecule has 2 amide bonds. The lowest BCUT2D eigenvalue weighted by Crippen LogP contribution is -2.33. The Kier molecular flexibility index (Phi) is 17.5. The van der Waals surface area contributed by atoms with Gasteiger partial charge in [-0.05, 0) is 152 Å². The third-order valence-corrected chi connectivity index (χ3v) is 13.9. The molecule has 0 aliphatic heterocycles. The van der Waals surface area contributed by atoms with E-state index in [2.05, 4.69) is 74.1 Å². The van der Waals surface area contributed by atoms with Crippen LogP contribution < -0.4 is 42.6 Å². The second kappa shape index (κ2) is 25.5. The summed E-state index contributed by atoms with van der Waals surface area (Å²) >= 11 is 0. The molecule has 9 N–H and O–H groups in total. The van der Waals surface area contributed by atoms with Crippen molar-refractivity contribution in [1.82, 2.24) is 20.9 Å². The number of unbranched alkanes of at least 4 members (excludes halogenated alkanes) is 6. The third kappa shape index (κ3) is 13.8. The number of carbonyl (C=O) groups excluding carboxylic acids is 2. The van der Waals surface area contributed by atoms with Gasteiger partial charge in [-0.25, -0.2) is 9.98 Å². The summed E-state index contributed by atoms with van der Waals surface area (Å²) in [6.07, 6.45) is 14.1. The molecule has 0 atom stereocenters. The molecular weight excluding hydrogens is 953 g/mol. The molecule has 0 unspecified atom stereocenters. The van der Waals surface area contributed by atoms with E-state index in [1.807, 2.05) is 147 Å². The van der Waals surface area contributed by atoms with Crippen molar-refractivity contribution >= 4 is 73.7 Å². The molecular formula is C65H69N10O2+. The van der Waals surface area contributed by atoms with Gasteiger partial charge < -0.3 is 38.1 Å². The van der Waals surface area contributed by atoms with Crippen molar-refractivity contribution in [2.45, 2.75) is 65.2 Å². The molecule has 1 aromatic heterocycles. The first kappa shape index (κ1) is 52.8. The Morgan fingerprint density at radius 3 is 1.74 bits per heavy atom. The van der Waals surface area contributed by atoms with Crippen molar-refractivity contribution in [3.8, 4) is 16.8 Å². The van der Waals surface area contributed by atoms with Gasteiger partial charge in [0.1, 0.15) is 11.0 Å². The average Bonchev–Trinajstić information content (AvgIpc) is 3.48. The van der Waals surface area contributed by atoms with E-state index in [0.29, 0.717) is 29.9 Å². The fourth-order valence-electron chi connectivity index (χ4n) is 9.41. The van der Waals surface area contributed by atoms with E-state index >= 15 is 0 Å². The highest BCUT2D eigenvalue weighted by atomic mass is 16.2. The first-order valence-electron chi connectivity index (χ1n) is 26.8. The minimum atomic E-state index is -0.0804. The minimum Gasteiger partial charge on any atom is -0.398 e. The molecule has 12 nitrogen and oxygen atoms in total. The van der Waals surface area contributed by atoms with Gasteiger partial charge in [0, 0.05) is 90.0 Å². The molecule has 1 heterocycles. The zero-order chi connectivity index (χ0) is 53.5. The van der Waals surface area contributed by atoms with Crippen LogP contribution in [-0.4, -0.2) is 48.7 Å². The normalized spacial score (nSPS) is 12.7. The number of para-hydroxylation sites is 2. The smallest absolute Gasteiger partial charge is 0.251 e. The first-order chi connectivity index (χ1) is 37.6. The average molecular weight is 1020 g/mol. The number of nitrogens with one attached hydrogen (secondary N) is 5. The summed E-state index contributed by atoms with van der Waals surface area (Å²) in [7, 11) is 0. The van der Waals surface area contributed by atoms with E-state index in [9.17, 15) is 9.59 Å². The molecule has 0 fully saturated rings. The Morgan fingerprint density at radius 1 is 0.558 bits per heavy atom. The second-order valence-corrected chi connectivity index (χ2v) is 19.7. The van der Waals surface area contributed by atoms with E-state index in [1.54, 1.807) is 0 Å². The lowest BCUT2D eigenvalue weighted by molar-refractivity contribution is -0.538. The molecule has 0 radical (unpaired) electrons. The van der Waals surface area contributed by atoms with Crippen LogP contribution in [0, 0.1) is 13.8 Å². The Hall–Kier alpha value is -9.03. The second-order valence-electron chi connectivity index (χ2n) is 19.7. The number of nitrogen functional groups attached to an aromatic ring is 2. The van der Waals surface area contributed by atoms with Gasteiger partial charge in [-0.1, -0.05) is 92.9 Å². The molecule has 0 bridgehead atoms. The maximum atomic E-state index is 13.0. The molecule has 9 rings (SSSR count). The zero-order valence-corrected chi connectivity index (χ0v) is 44.2. The van der Waals surface area contributed by atoms with Crippen molar-refractivity contribution in [1.29, 1.82) is 0 Å². The largest absolute Gasteiger partial charge is 0.398 e. The van der Waals surface area contributed by atoms with Gasteiger partial charge in [0.25, 0.3) is 11.8 Å². The first-order valence-corrected chi connectivity index (χ1v) is 26.8. The molecule has 8 aromatic rings. The molecule has 12 heteroatoms. The van der Waals surface area contributed by atoms with E-state index in [0.717, 1.165) is 160 Å². The summed E-state index contributed by atoms with van der Waals surface area (Å²) in [5, 5.41) is 16.7. The molecule has 0 saturated heterocycles. The van der Waals surface area contributed by atoms with E-state index in [-0.39, 0.29) is 11.8 Å². The third-order valence-electron chi connectivity index (χ3n) is 13.9. The molecule has 7 aromatic carbocycles. The fraction of sp³-hybridized carbons (Fsp3) is 0.215. The predicted molar refractivity (Wildman–Crippen MR) is 319 cm³/mol. The number of hydrogen-bond acceptors (Lipinski definition) is 9. The molecule has 390 valence electrons. The highest BCUT2D eigenvalue weighted by Gasteiger charge is 2.21. The van der Waals surface area contributed by atoms with Crippen LogP contribution in [0.4, 0.5) is 34.1 Å². The number of allylic oxidation sites excluding steroid dienone is 4. The monoisotopic (exact) mass is 1020 g/mol. The molecule has 0 spiro atoms. The quantitative estimate of drug-likeness (QED) is 0.0143. The SMILES string of the molecule is C=C1C=C(NCCCCCCNC(=O)c2ccc(-c3ccc(C(=O)NCCCCCCNc4ccc5nc6cc(C)c(N)cc6[n+](-c6ccccc6)c5c4)cc3)cc2)C=C/C1=N/c1cc(C)c(N)cc1Nc1ccccc1. The number of carbonyl (C=O) groups is 2. The van der Waals surface area contributed by atoms with Gasteiger partial charge in [0.05, 0.1) is 17.1 Å². The van der Waals surface area contributed by atoms with Crippen molar-refractivity contribution in [3.63, 3.8) is 0 Å². The highest BCUT2D eigenvalue weighted by Crippen LogP contribution is 2.34. The number of amides is 2. The summed E-state index contributed by atoms with van der Waals surface area (Å²) in [6.45, 7) is 11.2. The number of nitrogens with zero attached hydrogens (tertiary/aromatic N) is 3. The lowest BCUT2D eigenvalue weighted by atomic mass is 10.0. The van der Waals surface area contributed by atoms with Crippen molar-refractivity contribution in [2.24, 2.45) is 4.99 Å². The Labute approximate surface area is 452 Å². The van der Waals surface area contributed by atoms with Crippen LogP contribution >= 0.6 is 0 Å². The predicted octanol–water partition coefficient (Wildman–Crippen LogP) is 12.9. The molecule has 77 heavy (non-hydrogen) atoms. The standard InChI is InChI=1S/C65H68N10O2/c1-44-39-59(60(42-55(44)66)72-51-18-10-8-11-19-51)73-57-32-30-52(38-46(57)3)68-34-14-4-6-16-36-70-64(76)49-26-22-47(23-27-49)48-24-28-50(29-25-48)65(77)71-37-17-7-5-15-35-69-53-31-33-58-62(41-53)75(54-20-12-9-13-21-54)63-43-56(67)45(2)40-61(63)74-58/h8-13,18-33,38-43,68,72H,3-7,14-17,34-37,66H2,1-2H3,(H4,67,69,70,71,76,77)/p+1/b73-57-. The summed E-state index contributed by atoms with van der Waals surface area (Å²) < 4.78 is 2.23. The van der Waals surface area contributed by atoms with Crippen molar-refractivity contribution in [2.75, 3.05) is 48.3 Å². The van der Waals surface area contributed by atoms with Crippen molar-refractivity contribution in [3.05, 3.63) is 210 Å². The van der Waals surface area contributed by atoms with E-state index in [4.69, 9.17) is 21.4 Å². The number of anilines is 5. The number of aryl methyl sites for hydroxylation is 2. The van der Waals surface area contributed by atoms with E-state index in [1.165, 1.54) is 0 Å². The van der Waals surface area contributed by atoms with Gasteiger partial charge in [-0.2, -0.15) is 0 Å². The number of benzene rings is 7. The number of rotatable bonds is 23. The summed E-state index contributed by atoms with van der Waals surface area (Å²) in [5.41, 5.74) is 30.4. The number of nitrogens with two attached hydrogens (primary N) is 2. The van der Waals surface area contributed by atoms with Crippen LogP contribution in [-0.2, 0) is 0 Å². The van der Waals surface area contributed by atoms with Crippen LogP contribution in [0.5, 0.6) is 0 Å². The zero-order valence-electron chi connectivity index (χ0n) is 44.2. The van der Waals surface area contributed by atoms with Crippen LogP contribution in [0.3, 0.4) is 0 Å². The van der Waals surface area contributed by atoms with Crippen LogP contribution in [0.2, 0.25) is 0 Å². The Morgan fingerprint density at radius 2 is 1.12 bits per heavy atom. The summed E-state index contributed by atoms with van der Waals surface area (Å²) in [5.74, 6) is -0.158. The minimum absolute atomic E-state index is 0.0780. The van der Waals surface area contributed by atoms with Gasteiger partial charge >= 0.3 is 0 Å². The van der Waals surface area contributed by atoms with Crippen LogP contribution in [0.15, 0.2) is 193 Å². The van der Waals surface area contributed by atoms with Gasteiger partial charge in [0.15, 0.2) is 0 Å². The maximum Gasteiger partial charge on any atom is 0.251 e. The number of aromatic nitrogens is 2. The fourth-order valence-corrected chi connectivity index (χ4v) is 9.41.